The van der Waals surface area contributed by atoms with Crippen LogP contribution in [0.25, 0.3) is 0 Å². The van der Waals surface area contributed by atoms with Crippen molar-refractivity contribution in [2.24, 2.45) is 0 Å². The van der Waals surface area contributed by atoms with Crippen molar-refractivity contribution in [2.75, 3.05) is 0 Å². The Hall–Kier alpha value is -0.900. The zero-order chi connectivity index (χ0) is 12.3. The van der Waals surface area contributed by atoms with Gasteiger partial charge in [0.25, 0.3) is 0 Å². The van der Waals surface area contributed by atoms with Crippen molar-refractivity contribution in [3.63, 3.8) is 0 Å². The fourth-order valence-corrected chi connectivity index (χ4v) is 2.45. The average molecular weight is 267 g/mol. The molecule has 1 aromatic carbocycles. The van der Waals surface area contributed by atoms with Crippen LogP contribution in [0.1, 0.15) is 29.2 Å². The molecule has 0 saturated heterocycles. The van der Waals surface area contributed by atoms with Crippen LogP contribution in [0.5, 0.6) is 0 Å². The Bertz CT molecular complexity index is 496. The first-order valence-electron chi connectivity index (χ1n) is 5.55. The summed E-state index contributed by atoms with van der Waals surface area (Å²) < 4.78 is 0. The number of hydrogen-bond donors (Lipinski definition) is 1. The first-order valence-corrected chi connectivity index (χ1v) is 6.81. The molecule has 4 heteroatoms. The maximum absolute atomic E-state index is 5.97. The molecule has 2 aromatic rings. The number of thiazole rings is 1. The van der Waals surface area contributed by atoms with Gasteiger partial charge in [-0.2, -0.15) is 0 Å². The van der Waals surface area contributed by atoms with Crippen LogP contribution < -0.4 is 5.32 Å². The molecule has 0 aliphatic carbocycles. The van der Waals surface area contributed by atoms with Crippen LogP contribution >= 0.6 is 22.9 Å². The fourth-order valence-electron chi connectivity index (χ4n) is 1.64. The van der Waals surface area contributed by atoms with E-state index < -0.39 is 0 Å². The standard InChI is InChI=1S/C13H15ClN2S/c1-9(11-4-3-5-12(14)6-11)15-7-13-8-17-10(2)16-13/h3-6,8-9,15H,7H2,1-2H3/t9-/m1/s1. The highest BCUT2D eigenvalue weighted by Crippen LogP contribution is 2.18. The van der Waals surface area contributed by atoms with Gasteiger partial charge < -0.3 is 5.32 Å². The van der Waals surface area contributed by atoms with E-state index in [1.165, 1.54) is 5.56 Å². The molecule has 1 aromatic heterocycles. The van der Waals surface area contributed by atoms with E-state index in [2.05, 4.69) is 28.7 Å². The Morgan fingerprint density at radius 2 is 2.29 bits per heavy atom. The van der Waals surface area contributed by atoms with Crippen molar-refractivity contribution in [1.82, 2.24) is 10.3 Å². The summed E-state index contributed by atoms with van der Waals surface area (Å²) in [7, 11) is 0. The first kappa shape index (κ1) is 12.6. The van der Waals surface area contributed by atoms with Crippen molar-refractivity contribution in [3.8, 4) is 0 Å². The minimum absolute atomic E-state index is 0.274. The van der Waals surface area contributed by atoms with E-state index in [9.17, 15) is 0 Å². The average Bonchev–Trinajstić information content (AvgIpc) is 2.72. The Balaban J connectivity index is 1.95. The summed E-state index contributed by atoms with van der Waals surface area (Å²) in [5.74, 6) is 0. The molecular formula is C13H15ClN2S. The number of nitrogens with one attached hydrogen (secondary N) is 1. The predicted octanol–water partition coefficient (Wildman–Crippen LogP) is 3.96. The summed E-state index contributed by atoms with van der Waals surface area (Å²) in [6, 6.07) is 8.21. The van der Waals surface area contributed by atoms with Gasteiger partial charge in [-0.05, 0) is 31.5 Å². The molecule has 0 unspecified atom stereocenters. The summed E-state index contributed by atoms with van der Waals surface area (Å²) in [4.78, 5) is 4.42. The highest BCUT2D eigenvalue weighted by Gasteiger charge is 2.06. The van der Waals surface area contributed by atoms with Gasteiger partial charge in [0, 0.05) is 23.0 Å². The number of halogens is 1. The van der Waals surface area contributed by atoms with Gasteiger partial charge in [-0.1, -0.05) is 23.7 Å². The summed E-state index contributed by atoms with van der Waals surface area (Å²) >= 11 is 7.65. The molecule has 17 heavy (non-hydrogen) atoms. The van der Waals surface area contributed by atoms with Gasteiger partial charge in [0.15, 0.2) is 0 Å². The van der Waals surface area contributed by atoms with Crippen LogP contribution in [-0.2, 0) is 6.54 Å². The molecule has 90 valence electrons. The predicted molar refractivity (Wildman–Crippen MR) is 73.6 cm³/mol. The van der Waals surface area contributed by atoms with Crippen LogP contribution in [0.3, 0.4) is 0 Å². The highest BCUT2D eigenvalue weighted by atomic mass is 35.5. The second-order valence-electron chi connectivity index (χ2n) is 4.02. The lowest BCUT2D eigenvalue weighted by Gasteiger charge is -2.13. The Labute approximate surface area is 111 Å². The minimum atomic E-state index is 0.274. The van der Waals surface area contributed by atoms with Crippen molar-refractivity contribution in [3.05, 3.63) is 50.9 Å². The van der Waals surface area contributed by atoms with E-state index in [1.807, 2.05) is 25.1 Å². The van der Waals surface area contributed by atoms with Crippen molar-refractivity contribution in [1.29, 1.82) is 0 Å². The van der Waals surface area contributed by atoms with Crippen molar-refractivity contribution >= 4 is 22.9 Å². The number of benzene rings is 1. The second kappa shape index (κ2) is 5.63. The van der Waals surface area contributed by atoms with Gasteiger partial charge in [-0.15, -0.1) is 11.3 Å². The van der Waals surface area contributed by atoms with Crippen LogP contribution in [0.4, 0.5) is 0 Å². The van der Waals surface area contributed by atoms with Crippen LogP contribution in [0, 0.1) is 6.92 Å². The number of hydrogen-bond acceptors (Lipinski definition) is 3. The normalized spacial score (nSPS) is 12.6. The molecule has 0 saturated carbocycles. The topological polar surface area (TPSA) is 24.9 Å². The van der Waals surface area contributed by atoms with E-state index in [1.54, 1.807) is 11.3 Å². The third-order valence-electron chi connectivity index (χ3n) is 2.60. The lowest BCUT2D eigenvalue weighted by atomic mass is 10.1. The van der Waals surface area contributed by atoms with E-state index in [4.69, 9.17) is 11.6 Å². The highest BCUT2D eigenvalue weighted by molar-refractivity contribution is 7.09. The van der Waals surface area contributed by atoms with E-state index in [0.29, 0.717) is 0 Å². The molecule has 0 bridgehead atoms. The molecule has 1 N–H and O–H groups in total. The lowest BCUT2D eigenvalue weighted by Crippen LogP contribution is -2.18. The summed E-state index contributed by atoms with van der Waals surface area (Å²) in [6.45, 7) is 4.94. The quantitative estimate of drug-likeness (QED) is 0.906. The monoisotopic (exact) mass is 266 g/mol. The smallest absolute Gasteiger partial charge is 0.0897 e. The van der Waals surface area contributed by atoms with Gasteiger partial charge in [0.05, 0.1) is 10.7 Å². The third kappa shape index (κ3) is 3.53. The largest absolute Gasteiger partial charge is 0.305 e. The summed E-state index contributed by atoms with van der Waals surface area (Å²) in [6.07, 6.45) is 0. The van der Waals surface area contributed by atoms with Crippen molar-refractivity contribution < 1.29 is 0 Å². The zero-order valence-electron chi connectivity index (χ0n) is 9.90. The van der Waals surface area contributed by atoms with Gasteiger partial charge in [0.1, 0.15) is 0 Å². The molecule has 0 radical (unpaired) electrons. The Kier molecular flexibility index (Phi) is 4.15. The maximum Gasteiger partial charge on any atom is 0.0897 e. The molecule has 1 heterocycles. The van der Waals surface area contributed by atoms with Crippen LogP contribution in [0.15, 0.2) is 29.6 Å². The summed E-state index contributed by atoms with van der Waals surface area (Å²) in [5.41, 5.74) is 2.30. The first-order chi connectivity index (χ1) is 8.15. The van der Waals surface area contributed by atoms with E-state index in [0.717, 1.165) is 22.3 Å². The van der Waals surface area contributed by atoms with E-state index in [-0.39, 0.29) is 6.04 Å². The van der Waals surface area contributed by atoms with Gasteiger partial charge in [-0.3, -0.25) is 0 Å². The van der Waals surface area contributed by atoms with E-state index >= 15 is 0 Å². The van der Waals surface area contributed by atoms with Crippen LogP contribution in [-0.4, -0.2) is 4.98 Å². The zero-order valence-corrected chi connectivity index (χ0v) is 11.5. The number of aromatic nitrogens is 1. The SMILES string of the molecule is Cc1nc(CN[C@H](C)c2cccc(Cl)c2)cs1. The van der Waals surface area contributed by atoms with Gasteiger partial charge in [0.2, 0.25) is 0 Å². The molecule has 0 aliphatic rings. The molecule has 1 atom stereocenters. The number of aryl methyl sites for hydroxylation is 1. The number of rotatable bonds is 4. The molecule has 0 amide bonds. The minimum Gasteiger partial charge on any atom is -0.305 e. The van der Waals surface area contributed by atoms with Gasteiger partial charge >= 0.3 is 0 Å². The van der Waals surface area contributed by atoms with Gasteiger partial charge in [-0.25, -0.2) is 4.98 Å². The molecule has 0 spiro atoms. The fraction of sp³-hybridized carbons (Fsp3) is 0.308. The number of nitrogens with zero attached hydrogens (tertiary/aromatic N) is 1. The molecular weight excluding hydrogens is 252 g/mol. The lowest BCUT2D eigenvalue weighted by molar-refractivity contribution is 0.569. The van der Waals surface area contributed by atoms with Crippen LogP contribution in [0.2, 0.25) is 5.02 Å². The molecule has 0 aliphatic heterocycles. The third-order valence-corrected chi connectivity index (χ3v) is 3.66. The molecule has 0 fully saturated rings. The molecule has 2 nitrogen and oxygen atoms in total. The van der Waals surface area contributed by atoms with Crippen molar-refractivity contribution in [2.45, 2.75) is 26.4 Å². The summed E-state index contributed by atoms with van der Waals surface area (Å²) in [5, 5.41) is 7.42. The second-order valence-corrected chi connectivity index (χ2v) is 5.51. The Morgan fingerprint density at radius 1 is 1.47 bits per heavy atom. The maximum atomic E-state index is 5.97. The molecule has 2 rings (SSSR count). The Morgan fingerprint density at radius 3 is 2.94 bits per heavy atom.